The summed E-state index contributed by atoms with van der Waals surface area (Å²) in [7, 11) is 0. The molecule has 0 atom stereocenters. The SMILES string of the molecule is C=C1CC=C(c2ccccc2)C1=Cc1ccccc1. The molecule has 0 saturated carbocycles. The lowest BCUT2D eigenvalue weighted by Crippen LogP contribution is -1.86. The van der Waals surface area contributed by atoms with Gasteiger partial charge < -0.3 is 0 Å². The van der Waals surface area contributed by atoms with E-state index in [4.69, 9.17) is 0 Å². The molecule has 92 valence electrons. The number of benzene rings is 2. The Hall–Kier alpha value is -2.34. The molecule has 0 saturated heterocycles. The van der Waals surface area contributed by atoms with E-state index in [1.807, 2.05) is 6.07 Å². The van der Waals surface area contributed by atoms with Crippen LogP contribution < -0.4 is 0 Å². The summed E-state index contributed by atoms with van der Waals surface area (Å²) in [6.07, 6.45) is 5.45. The number of rotatable bonds is 2. The van der Waals surface area contributed by atoms with E-state index in [2.05, 4.69) is 73.3 Å². The maximum absolute atomic E-state index is 4.19. The summed E-state index contributed by atoms with van der Waals surface area (Å²) >= 11 is 0. The lowest BCUT2D eigenvalue weighted by molar-refractivity contribution is 1.34. The largest absolute Gasteiger partial charge is 0.0949 e. The van der Waals surface area contributed by atoms with Crippen molar-refractivity contribution in [2.45, 2.75) is 6.42 Å². The first-order valence-electron chi connectivity index (χ1n) is 6.55. The molecule has 0 nitrogen and oxygen atoms in total. The molecule has 0 aromatic heterocycles. The van der Waals surface area contributed by atoms with Gasteiger partial charge in [0.2, 0.25) is 0 Å². The molecule has 1 aliphatic carbocycles. The van der Waals surface area contributed by atoms with Gasteiger partial charge in [-0.2, -0.15) is 0 Å². The van der Waals surface area contributed by atoms with Crippen LogP contribution in [0.2, 0.25) is 0 Å². The Balaban J connectivity index is 2.02. The van der Waals surface area contributed by atoms with Crippen molar-refractivity contribution in [3.8, 4) is 0 Å². The van der Waals surface area contributed by atoms with Gasteiger partial charge in [0.15, 0.2) is 0 Å². The minimum Gasteiger partial charge on any atom is -0.0949 e. The van der Waals surface area contributed by atoms with Crippen molar-refractivity contribution in [3.63, 3.8) is 0 Å². The first kappa shape index (κ1) is 11.7. The maximum atomic E-state index is 4.19. The molecule has 0 spiro atoms. The number of allylic oxidation sites excluding steroid dienone is 4. The molecule has 0 amide bonds. The minimum atomic E-state index is 0.947. The Labute approximate surface area is 114 Å². The number of hydrogen-bond acceptors (Lipinski definition) is 0. The molecule has 19 heavy (non-hydrogen) atoms. The van der Waals surface area contributed by atoms with Crippen molar-refractivity contribution in [1.82, 2.24) is 0 Å². The molecule has 1 aliphatic rings. The highest BCUT2D eigenvalue weighted by Crippen LogP contribution is 2.37. The maximum Gasteiger partial charge on any atom is -0.00877 e. The van der Waals surface area contributed by atoms with Gasteiger partial charge in [-0.05, 0) is 40.3 Å². The van der Waals surface area contributed by atoms with Crippen LogP contribution in [0, 0.1) is 0 Å². The predicted octanol–water partition coefficient (Wildman–Crippen LogP) is 5.11. The van der Waals surface area contributed by atoms with Gasteiger partial charge in [-0.3, -0.25) is 0 Å². The smallest absolute Gasteiger partial charge is 0.00877 e. The molecule has 0 unspecified atom stereocenters. The van der Waals surface area contributed by atoms with Gasteiger partial charge in [0.25, 0.3) is 0 Å². The fourth-order valence-corrected chi connectivity index (χ4v) is 2.42. The third-order valence-corrected chi connectivity index (χ3v) is 3.42. The molecular formula is C19H16. The van der Waals surface area contributed by atoms with Gasteiger partial charge in [-0.1, -0.05) is 73.3 Å². The summed E-state index contributed by atoms with van der Waals surface area (Å²) in [6.45, 7) is 4.19. The third-order valence-electron chi connectivity index (χ3n) is 3.42. The average molecular weight is 244 g/mol. The molecule has 0 N–H and O–H groups in total. The Morgan fingerprint density at radius 1 is 0.842 bits per heavy atom. The molecule has 0 fully saturated rings. The Kier molecular flexibility index (Phi) is 3.16. The minimum absolute atomic E-state index is 0.947. The van der Waals surface area contributed by atoms with Gasteiger partial charge in [0.1, 0.15) is 0 Å². The van der Waals surface area contributed by atoms with Crippen molar-refractivity contribution in [3.05, 3.63) is 95.6 Å². The van der Waals surface area contributed by atoms with Crippen LogP contribution in [0.3, 0.4) is 0 Å². The molecule has 0 heterocycles. The molecule has 3 rings (SSSR count). The highest BCUT2D eigenvalue weighted by atomic mass is 14.2. The fraction of sp³-hybridized carbons (Fsp3) is 0.0526. The lowest BCUT2D eigenvalue weighted by Gasteiger charge is -2.07. The quantitative estimate of drug-likeness (QED) is 0.688. The molecule has 0 bridgehead atoms. The predicted molar refractivity (Wildman–Crippen MR) is 82.6 cm³/mol. The summed E-state index contributed by atoms with van der Waals surface area (Å²) in [5, 5.41) is 0. The molecule has 0 heteroatoms. The topological polar surface area (TPSA) is 0 Å². The van der Waals surface area contributed by atoms with E-state index in [0.717, 1.165) is 6.42 Å². The van der Waals surface area contributed by atoms with E-state index in [9.17, 15) is 0 Å². The highest BCUT2D eigenvalue weighted by Gasteiger charge is 2.16. The van der Waals surface area contributed by atoms with E-state index < -0.39 is 0 Å². The second-order valence-electron chi connectivity index (χ2n) is 4.76. The van der Waals surface area contributed by atoms with Gasteiger partial charge in [0, 0.05) is 0 Å². The van der Waals surface area contributed by atoms with Crippen LogP contribution in [0.1, 0.15) is 17.5 Å². The summed E-state index contributed by atoms with van der Waals surface area (Å²) in [5.41, 5.74) is 6.25. The average Bonchev–Trinajstić information content (AvgIpc) is 2.82. The van der Waals surface area contributed by atoms with E-state index in [-0.39, 0.29) is 0 Å². The van der Waals surface area contributed by atoms with Crippen molar-refractivity contribution < 1.29 is 0 Å². The van der Waals surface area contributed by atoms with Gasteiger partial charge in [-0.25, -0.2) is 0 Å². The molecule has 0 aliphatic heterocycles. The first-order chi connectivity index (χ1) is 9.34. The Bertz CT molecular complexity index is 643. The highest BCUT2D eigenvalue weighted by molar-refractivity contribution is 5.92. The summed E-state index contributed by atoms with van der Waals surface area (Å²) in [5.74, 6) is 0. The summed E-state index contributed by atoms with van der Waals surface area (Å²) < 4.78 is 0. The fourth-order valence-electron chi connectivity index (χ4n) is 2.42. The first-order valence-corrected chi connectivity index (χ1v) is 6.55. The van der Waals surface area contributed by atoms with E-state index in [1.165, 1.54) is 27.8 Å². The van der Waals surface area contributed by atoms with Gasteiger partial charge in [-0.15, -0.1) is 0 Å². The summed E-state index contributed by atoms with van der Waals surface area (Å²) in [6, 6.07) is 20.9. The van der Waals surface area contributed by atoms with E-state index in [0.29, 0.717) is 0 Å². The van der Waals surface area contributed by atoms with Crippen LogP contribution in [-0.4, -0.2) is 0 Å². The van der Waals surface area contributed by atoms with Gasteiger partial charge >= 0.3 is 0 Å². The molecular weight excluding hydrogens is 228 g/mol. The zero-order valence-corrected chi connectivity index (χ0v) is 10.8. The second kappa shape index (κ2) is 5.11. The Morgan fingerprint density at radius 3 is 2.16 bits per heavy atom. The Morgan fingerprint density at radius 2 is 1.47 bits per heavy atom. The summed E-state index contributed by atoms with van der Waals surface area (Å²) in [4.78, 5) is 0. The van der Waals surface area contributed by atoms with Crippen LogP contribution in [0.25, 0.3) is 11.6 Å². The standard InChI is InChI=1S/C19H16/c1-15-12-13-18(17-10-6-3-7-11-17)19(15)14-16-8-4-2-5-9-16/h2-11,13-14H,1,12H2. The van der Waals surface area contributed by atoms with Crippen molar-refractivity contribution in [2.24, 2.45) is 0 Å². The zero-order chi connectivity index (χ0) is 13.1. The van der Waals surface area contributed by atoms with Crippen LogP contribution in [0.15, 0.2) is 84.5 Å². The molecule has 2 aromatic carbocycles. The van der Waals surface area contributed by atoms with Gasteiger partial charge in [0.05, 0.1) is 0 Å². The second-order valence-corrected chi connectivity index (χ2v) is 4.76. The van der Waals surface area contributed by atoms with E-state index in [1.54, 1.807) is 0 Å². The van der Waals surface area contributed by atoms with Crippen LogP contribution in [0.4, 0.5) is 0 Å². The zero-order valence-electron chi connectivity index (χ0n) is 10.8. The third kappa shape index (κ3) is 2.43. The monoisotopic (exact) mass is 244 g/mol. The van der Waals surface area contributed by atoms with Crippen molar-refractivity contribution in [1.29, 1.82) is 0 Å². The molecule has 0 radical (unpaired) electrons. The van der Waals surface area contributed by atoms with E-state index >= 15 is 0 Å². The molecule has 2 aromatic rings. The van der Waals surface area contributed by atoms with Crippen LogP contribution in [-0.2, 0) is 0 Å². The normalized spacial score (nSPS) is 16.7. The number of hydrogen-bond donors (Lipinski definition) is 0. The van der Waals surface area contributed by atoms with Crippen LogP contribution >= 0.6 is 0 Å². The van der Waals surface area contributed by atoms with Crippen LogP contribution in [0.5, 0.6) is 0 Å². The lowest BCUT2D eigenvalue weighted by atomic mass is 9.97. The van der Waals surface area contributed by atoms with Crippen molar-refractivity contribution in [2.75, 3.05) is 0 Å². The van der Waals surface area contributed by atoms with Crippen molar-refractivity contribution >= 4 is 11.6 Å².